The van der Waals surface area contributed by atoms with Crippen LogP contribution in [0, 0.1) is 0 Å². The van der Waals surface area contributed by atoms with Crippen molar-refractivity contribution in [2.24, 2.45) is 0 Å². The van der Waals surface area contributed by atoms with Crippen molar-refractivity contribution in [3.8, 4) is 0 Å². The Kier molecular flexibility index (Phi) is 3.70. The fraction of sp³-hybridized carbons (Fsp3) is 0.100. The summed E-state index contributed by atoms with van der Waals surface area (Å²) in [6.45, 7) is -0.290. The van der Waals surface area contributed by atoms with Gasteiger partial charge in [0.1, 0.15) is 10.9 Å². The molecule has 5 nitrogen and oxygen atoms in total. The van der Waals surface area contributed by atoms with E-state index in [1.807, 2.05) is 0 Å². The van der Waals surface area contributed by atoms with Crippen LogP contribution in [0.2, 0.25) is 8.67 Å². The maximum atomic E-state index is 11.9. The van der Waals surface area contributed by atoms with E-state index in [1.165, 1.54) is 6.07 Å². The van der Waals surface area contributed by atoms with Crippen LogP contribution >= 0.6 is 34.5 Å². The first-order chi connectivity index (χ1) is 8.47. The second-order valence-electron chi connectivity index (χ2n) is 3.39. The summed E-state index contributed by atoms with van der Waals surface area (Å²) >= 11 is 12.6. The SMILES string of the molecule is O=C(Cn1[nH]c(=O)ccc1=O)c1cc(Cl)sc1Cl. The van der Waals surface area contributed by atoms with Gasteiger partial charge in [-0.05, 0) is 6.07 Å². The van der Waals surface area contributed by atoms with E-state index in [1.54, 1.807) is 0 Å². The number of hydrogen-bond acceptors (Lipinski definition) is 4. The van der Waals surface area contributed by atoms with Crippen molar-refractivity contribution < 1.29 is 4.79 Å². The molecule has 0 bridgehead atoms. The number of nitrogens with one attached hydrogen (secondary N) is 1. The van der Waals surface area contributed by atoms with Gasteiger partial charge in [-0.3, -0.25) is 19.5 Å². The number of thiophene rings is 1. The summed E-state index contributed by atoms with van der Waals surface area (Å²) in [6.07, 6.45) is 0. The zero-order valence-electron chi connectivity index (χ0n) is 8.78. The molecule has 0 fully saturated rings. The number of nitrogens with zero attached hydrogens (tertiary/aromatic N) is 1. The number of aromatic amines is 1. The average Bonchev–Trinajstić information content (AvgIpc) is 2.63. The monoisotopic (exact) mass is 304 g/mol. The Morgan fingerprint density at radius 2 is 2.06 bits per heavy atom. The zero-order valence-corrected chi connectivity index (χ0v) is 11.1. The lowest BCUT2D eigenvalue weighted by Crippen LogP contribution is -2.30. The molecule has 18 heavy (non-hydrogen) atoms. The Bertz CT molecular complexity index is 716. The molecule has 0 spiro atoms. The van der Waals surface area contributed by atoms with Crippen molar-refractivity contribution in [3.63, 3.8) is 0 Å². The largest absolute Gasteiger partial charge is 0.292 e. The lowest BCUT2D eigenvalue weighted by molar-refractivity contribution is 0.0966. The van der Waals surface area contributed by atoms with Gasteiger partial charge in [-0.1, -0.05) is 23.2 Å². The lowest BCUT2D eigenvalue weighted by Gasteiger charge is -2.02. The number of carbonyl (C=O) groups is 1. The van der Waals surface area contributed by atoms with Crippen LogP contribution in [-0.2, 0) is 6.54 Å². The van der Waals surface area contributed by atoms with E-state index in [9.17, 15) is 14.4 Å². The quantitative estimate of drug-likeness (QED) is 0.879. The normalized spacial score (nSPS) is 10.6. The molecule has 0 atom stereocenters. The van der Waals surface area contributed by atoms with E-state index in [-0.39, 0.29) is 16.4 Å². The van der Waals surface area contributed by atoms with Crippen molar-refractivity contribution in [1.82, 2.24) is 9.78 Å². The summed E-state index contributed by atoms with van der Waals surface area (Å²) in [5, 5.41) is 2.26. The number of hydrogen-bond donors (Lipinski definition) is 1. The van der Waals surface area contributed by atoms with Gasteiger partial charge in [-0.25, -0.2) is 4.68 Å². The van der Waals surface area contributed by atoms with Gasteiger partial charge in [0.15, 0.2) is 5.78 Å². The van der Waals surface area contributed by atoms with Crippen LogP contribution in [-0.4, -0.2) is 15.6 Å². The van der Waals surface area contributed by atoms with Crippen LogP contribution < -0.4 is 11.1 Å². The second kappa shape index (κ2) is 5.09. The molecule has 0 aliphatic rings. The van der Waals surface area contributed by atoms with Gasteiger partial charge in [0.05, 0.1) is 9.90 Å². The van der Waals surface area contributed by atoms with Gasteiger partial charge in [0.25, 0.3) is 11.1 Å². The van der Waals surface area contributed by atoms with E-state index in [2.05, 4.69) is 5.10 Å². The standard InChI is InChI=1S/C10H6Cl2N2O3S/c11-7-3-5(10(12)18-7)6(15)4-14-9(17)2-1-8(16)13-14/h1-3H,4H2,(H,13,16). The second-order valence-corrected chi connectivity index (χ2v) is 5.68. The summed E-state index contributed by atoms with van der Waals surface area (Å²) in [7, 11) is 0. The Balaban J connectivity index is 2.32. The highest BCUT2D eigenvalue weighted by Gasteiger charge is 2.15. The third kappa shape index (κ3) is 2.72. The maximum Gasteiger partial charge on any atom is 0.265 e. The fourth-order valence-electron chi connectivity index (χ4n) is 1.34. The average molecular weight is 305 g/mol. The number of Topliss-reactive ketones (excluding diaryl/α,β-unsaturated/α-hetero) is 1. The number of carbonyl (C=O) groups excluding carboxylic acids is 1. The molecule has 2 rings (SSSR count). The van der Waals surface area contributed by atoms with Crippen LogP contribution in [0.3, 0.4) is 0 Å². The van der Waals surface area contributed by atoms with Crippen molar-refractivity contribution in [2.45, 2.75) is 6.54 Å². The molecular weight excluding hydrogens is 299 g/mol. The summed E-state index contributed by atoms with van der Waals surface area (Å²) in [5.41, 5.74) is -0.694. The van der Waals surface area contributed by atoms with Gasteiger partial charge in [-0.2, -0.15) is 0 Å². The van der Waals surface area contributed by atoms with Crippen molar-refractivity contribution in [2.75, 3.05) is 0 Å². The number of ketones is 1. The van der Waals surface area contributed by atoms with Crippen molar-refractivity contribution in [1.29, 1.82) is 0 Å². The first-order valence-electron chi connectivity index (χ1n) is 4.75. The highest BCUT2D eigenvalue weighted by atomic mass is 35.5. The van der Waals surface area contributed by atoms with Crippen LogP contribution in [0.4, 0.5) is 0 Å². The highest BCUT2D eigenvalue weighted by Crippen LogP contribution is 2.31. The third-order valence-corrected chi connectivity index (χ3v) is 3.63. The molecule has 0 aliphatic heterocycles. The molecule has 2 heterocycles. The van der Waals surface area contributed by atoms with Crippen LogP contribution in [0.25, 0.3) is 0 Å². The molecule has 0 radical (unpaired) electrons. The first kappa shape index (κ1) is 13.1. The Labute approximate surface area is 115 Å². The molecule has 0 aliphatic carbocycles. The van der Waals surface area contributed by atoms with Crippen LogP contribution in [0.5, 0.6) is 0 Å². The number of aromatic nitrogens is 2. The molecule has 0 saturated heterocycles. The lowest BCUT2D eigenvalue weighted by atomic mass is 10.2. The van der Waals surface area contributed by atoms with Gasteiger partial charge in [-0.15, -0.1) is 11.3 Å². The van der Waals surface area contributed by atoms with E-state index < -0.39 is 16.9 Å². The van der Waals surface area contributed by atoms with Crippen LogP contribution in [0.15, 0.2) is 27.8 Å². The van der Waals surface area contributed by atoms with E-state index in [0.29, 0.717) is 4.34 Å². The van der Waals surface area contributed by atoms with E-state index in [0.717, 1.165) is 28.2 Å². The molecule has 2 aromatic heterocycles. The third-order valence-electron chi connectivity index (χ3n) is 2.15. The minimum Gasteiger partial charge on any atom is -0.292 e. The predicted molar refractivity (Wildman–Crippen MR) is 70.0 cm³/mol. The molecule has 0 unspecified atom stereocenters. The van der Waals surface area contributed by atoms with E-state index in [4.69, 9.17) is 23.2 Å². The number of rotatable bonds is 3. The summed E-state index contributed by atoms with van der Waals surface area (Å²) in [6, 6.07) is 3.62. The molecule has 94 valence electrons. The predicted octanol–water partition coefficient (Wildman–Crippen LogP) is 1.79. The molecule has 1 N–H and O–H groups in total. The zero-order chi connectivity index (χ0) is 13.3. The molecule has 8 heteroatoms. The molecule has 0 aromatic carbocycles. The number of H-pyrrole nitrogens is 1. The summed E-state index contributed by atoms with van der Waals surface area (Å²) < 4.78 is 1.57. The minimum absolute atomic E-state index is 0.239. The first-order valence-corrected chi connectivity index (χ1v) is 6.33. The Hall–Kier alpha value is -1.37. The van der Waals surface area contributed by atoms with E-state index >= 15 is 0 Å². The topological polar surface area (TPSA) is 71.9 Å². The Morgan fingerprint density at radius 1 is 1.33 bits per heavy atom. The van der Waals surface area contributed by atoms with Gasteiger partial charge < -0.3 is 0 Å². The highest BCUT2D eigenvalue weighted by molar-refractivity contribution is 7.20. The number of halogens is 2. The molecular formula is C10H6Cl2N2O3S. The van der Waals surface area contributed by atoms with Crippen molar-refractivity contribution in [3.05, 3.63) is 53.1 Å². The fourth-order valence-corrected chi connectivity index (χ4v) is 2.84. The van der Waals surface area contributed by atoms with Gasteiger partial charge in [0.2, 0.25) is 0 Å². The van der Waals surface area contributed by atoms with Crippen LogP contribution in [0.1, 0.15) is 10.4 Å². The maximum absolute atomic E-state index is 11.9. The summed E-state index contributed by atoms with van der Waals surface area (Å²) in [4.78, 5) is 34.4. The summed E-state index contributed by atoms with van der Waals surface area (Å²) in [5.74, 6) is -0.396. The molecule has 0 amide bonds. The smallest absolute Gasteiger partial charge is 0.265 e. The molecule has 2 aromatic rings. The van der Waals surface area contributed by atoms with Crippen molar-refractivity contribution >= 4 is 40.3 Å². The Morgan fingerprint density at radius 3 is 2.67 bits per heavy atom. The minimum atomic E-state index is -0.472. The van der Waals surface area contributed by atoms with Gasteiger partial charge in [0, 0.05) is 12.1 Å². The molecule has 0 saturated carbocycles. The van der Waals surface area contributed by atoms with Gasteiger partial charge >= 0.3 is 0 Å².